The molecule has 2 nitrogen and oxygen atoms in total. The van der Waals surface area contributed by atoms with Gasteiger partial charge >= 0.3 is 0 Å². The Morgan fingerprint density at radius 2 is 2.33 bits per heavy atom. The lowest BCUT2D eigenvalue weighted by Crippen LogP contribution is -2.12. The zero-order valence-electron chi connectivity index (χ0n) is 3.16. The third-order valence-corrected chi connectivity index (χ3v) is 0.276. The van der Waals surface area contributed by atoms with Gasteiger partial charge in [0, 0.05) is 0 Å². The monoisotopic (exact) mass is 79.0 g/mol. The number of hydrogen-bond acceptors (Lipinski definition) is 2. The molecule has 6 heavy (non-hydrogen) atoms. The van der Waals surface area contributed by atoms with Gasteiger partial charge in [0.25, 0.3) is 0 Å². The summed E-state index contributed by atoms with van der Waals surface area (Å²) in [5.74, 6) is 0. The highest BCUT2D eigenvalue weighted by atomic mass is 16.2. The zero-order chi connectivity index (χ0) is 4.83. The first kappa shape index (κ1) is 5.82. The Morgan fingerprint density at radius 3 is 2.50 bits per heavy atom. The van der Waals surface area contributed by atoms with Crippen molar-refractivity contribution in [3.63, 3.8) is 0 Å². The van der Waals surface area contributed by atoms with Crippen LogP contribution in [-0.4, -0.2) is 32.8 Å². The van der Waals surface area contributed by atoms with Crippen molar-refractivity contribution in [2.24, 2.45) is 0 Å². The van der Waals surface area contributed by atoms with Crippen molar-refractivity contribution in [3.05, 3.63) is 0 Å². The summed E-state index contributed by atoms with van der Waals surface area (Å²) in [6, 6.07) is 0. The van der Waals surface area contributed by atoms with Gasteiger partial charge in [-0.3, -0.25) is 0 Å². The Labute approximate surface area is 38.7 Å². The maximum atomic E-state index is 9.35. The highest BCUT2D eigenvalue weighted by Gasteiger charge is 1.85. The Balaban J connectivity index is 2.49. The molecule has 0 aliphatic heterocycles. The van der Waals surface area contributed by atoms with Crippen LogP contribution in [0.3, 0.4) is 0 Å². The van der Waals surface area contributed by atoms with Gasteiger partial charge < -0.3 is 9.82 Å². The van der Waals surface area contributed by atoms with Crippen LogP contribution in [0, 0.1) is 0 Å². The van der Waals surface area contributed by atoms with Crippen LogP contribution in [0.5, 0.6) is 0 Å². The van der Waals surface area contributed by atoms with E-state index >= 15 is 0 Å². The molecule has 0 unspecified atom stereocenters. The fraction of sp³-hybridized carbons (Fsp3) is 0. The van der Waals surface area contributed by atoms with Gasteiger partial charge in [0.1, 0.15) is 7.17 Å². The molecule has 0 atom stereocenters. The molecule has 0 rings (SSSR count). The minimum atomic E-state index is 0.590. The van der Waals surface area contributed by atoms with E-state index in [0.717, 1.165) is 7.37 Å². The summed E-state index contributed by atoms with van der Waals surface area (Å²) in [5.41, 5.74) is 0. The summed E-state index contributed by atoms with van der Waals surface area (Å²) in [5, 5.41) is 7.83. The largest absolute Gasteiger partial charge is 0.466 e. The lowest BCUT2D eigenvalue weighted by atomic mass is 9.26. The predicted octanol–water partition coefficient (Wildman–Crippen LogP) is -1.97. The maximum Gasteiger partial charge on any atom is 0.226 e. The van der Waals surface area contributed by atoms with Crippen LogP contribution >= 0.6 is 0 Å². The van der Waals surface area contributed by atoms with E-state index in [4.69, 9.17) is 5.02 Å². The van der Waals surface area contributed by atoms with Crippen molar-refractivity contribution in [1.29, 1.82) is 0 Å². The van der Waals surface area contributed by atoms with Gasteiger partial charge in [-0.2, -0.15) is 0 Å². The van der Waals surface area contributed by atoms with Crippen LogP contribution in [0.1, 0.15) is 0 Å². The van der Waals surface area contributed by atoms with Gasteiger partial charge in [-0.1, -0.05) is 0 Å². The first-order valence-corrected chi connectivity index (χ1v) is 1.49. The first-order chi connectivity index (χ1) is 2.91. The minimum Gasteiger partial charge on any atom is -0.466 e. The van der Waals surface area contributed by atoms with E-state index in [2.05, 4.69) is 0 Å². The molecule has 5 heteroatoms. The summed E-state index contributed by atoms with van der Waals surface area (Å²) >= 11 is 0. The molecule has 3 radical (unpaired) electrons. The fourth-order valence-corrected chi connectivity index (χ4v) is 0.0951. The summed E-state index contributed by atoms with van der Waals surface area (Å²) in [6.45, 7) is 0. The van der Waals surface area contributed by atoms with Crippen LogP contribution < -0.4 is 0 Å². The molecule has 0 spiro atoms. The van der Waals surface area contributed by atoms with Gasteiger partial charge in [0.15, 0.2) is 0 Å². The molecule has 0 aliphatic carbocycles. The quantitative estimate of drug-likeness (QED) is 0.241. The summed E-state index contributed by atoms with van der Waals surface area (Å²) in [6.07, 6.45) is 0.590. The van der Waals surface area contributed by atoms with Crippen LogP contribution in [0.25, 0.3) is 0 Å². The lowest BCUT2D eigenvalue weighted by molar-refractivity contribution is 0.569. The Hall–Kier alpha value is -0.175. The second kappa shape index (κ2) is 4.82. The highest BCUT2D eigenvalue weighted by Crippen LogP contribution is 1.41. The zero-order valence-corrected chi connectivity index (χ0v) is 3.16. The predicted molar refractivity (Wildman–Crippen MR) is 26.2 cm³/mol. The molecule has 1 N–H and O–H groups in total. The average Bonchev–Trinajstić information content (AvgIpc) is 1.61. The Bertz CT molecular complexity index is 37.8. The second-order valence-electron chi connectivity index (χ2n) is 0.670. The van der Waals surface area contributed by atoms with Gasteiger partial charge in [0.2, 0.25) is 7.37 Å². The molecule has 27 valence electrons. The number of carbonyl (C=O) groups excluding carboxylic acids is 1. The van der Waals surface area contributed by atoms with E-state index in [1.807, 2.05) is 0 Å². The topological polar surface area (TPSA) is 37.3 Å². The van der Waals surface area contributed by atoms with Crippen molar-refractivity contribution >= 4 is 27.8 Å². The number of carbonyl (C=O) groups is 1. The van der Waals surface area contributed by atoms with E-state index in [0.29, 0.717) is 6.19 Å². The first-order valence-electron chi connectivity index (χ1n) is 1.49. The van der Waals surface area contributed by atoms with Crippen LogP contribution in [-0.2, 0) is 4.79 Å². The third-order valence-electron chi connectivity index (χ3n) is 0.276. The van der Waals surface area contributed by atoms with Crippen molar-refractivity contribution < 1.29 is 9.82 Å². The molecule has 0 saturated carbocycles. The molecular weight excluding hydrogens is 76.4 g/mol. The van der Waals surface area contributed by atoms with E-state index < -0.39 is 0 Å². The van der Waals surface area contributed by atoms with Crippen molar-refractivity contribution in [2.45, 2.75) is 0 Å². The smallest absolute Gasteiger partial charge is 0.226 e. The van der Waals surface area contributed by atoms with Crippen molar-refractivity contribution in [3.8, 4) is 0 Å². The molecule has 0 fully saturated rings. The standard InChI is InChI=1S/CH2B3O2/c5-1-2-3-4-6/h1,6H. The Kier molecular flexibility index (Phi) is 4.68. The van der Waals surface area contributed by atoms with Crippen LogP contribution in [0.15, 0.2) is 0 Å². The molecule has 0 aromatic carbocycles. The van der Waals surface area contributed by atoms with Gasteiger partial charge in [-0.25, -0.2) is 0 Å². The molecular formula is CH2B3O2. The normalized spacial score (nSPS) is 6.17. The SMILES string of the molecule is O=C[B][B][B]O. The number of hydrogen-bond donors (Lipinski definition) is 1. The van der Waals surface area contributed by atoms with Crippen LogP contribution in [0.2, 0.25) is 0 Å². The van der Waals surface area contributed by atoms with E-state index in [1.165, 1.54) is 14.2 Å². The lowest BCUT2D eigenvalue weighted by Gasteiger charge is -1.70. The van der Waals surface area contributed by atoms with Gasteiger partial charge in [0.05, 0.1) is 13.2 Å². The third kappa shape index (κ3) is 3.82. The van der Waals surface area contributed by atoms with E-state index in [9.17, 15) is 4.79 Å². The average molecular weight is 78.5 g/mol. The minimum absolute atomic E-state index is 0.590. The molecule has 0 aromatic rings. The molecule has 0 amide bonds. The molecule has 0 heterocycles. The molecule has 0 bridgehead atoms. The fourth-order valence-electron chi connectivity index (χ4n) is 0.0951. The van der Waals surface area contributed by atoms with Gasteiger partial charge in [-0.05, 0) is 0 Å². The summed E-state index contributed by atoms with van der Waals surface area (Å²) in [7, 11) is 3.24. The summed E-state index contributed by atoms with van der Waals surface area (Å²) in [4.78, 5) is 9.35. The van der Waals surface area contributed by atoms with E-state index in [-0.39, 0.29) is 0 Å². The molecule has 0 aliphatic rings. The van der Waals surface area contributed by atoms with Gasteiger partial charge in [-0.15, -0.1) is 0 Å². The molecule has 0 saturated heterocycles. The summed E-state index contributed by atoms with van der Waals surface area (Å²) < 4.78 is 0. The van der Waals surface area contributed by atoms with E-state index in [1.54, 1.807) is 0 Å². The van der Waals surface area contributed by atoms with Crippen LogP contribution in [0.4, 0.5) is 0 Å². The second-order valence-corrected chi connectivity index (χ2v) is 0.670. The highest BCUT2D eigenvalue weighted by molar-refractivity contribution is 7.34. The number of rotatable bonds is 3. The maximum absolute atomic E-state index is 9.35. The van der Waals surface area contributed by atoms with Crippen molar-refractivity contribution in [1.82, 2.24) is 0 Å². The Morgan fingerprint density at radius 1 is 1.67 bits per heavy atom. The van der Waals surface area contributed by atoms with Crippen molar-refractivity contribution in [2.75, 3.05) is 0 Å². The molecule has 0 aromatic heterocycles.